The molecular formula is C95H146IN17O33S. The second-order valence-corrected chi connectivity index (χ2v) is 34.5. The summed E-state index contributed by atoms with van der Waals surface area (Å²) >= 11 is 7.79. The number of urea groups is 2. The van der Waals surface area contributed by atoms with Gasteiger partial charge >= 0.3 is 60.4 Å². The Morgan fingerprint density at radius 3 is 1.39 bits per heavy atom. The lowest BCUT2D eigenvalue weighted by Crippen LogP contribution is -2.50. The number of halogens is 1. The minimum Gasteiger partial charge on any atom is -0.481 e. The van der Waals surface area contributed by atoms with Crippen molar-refractivity contribution in [3.05, 3.63) is 93.7 Å². The minimum absolute atomic E-state index is 0.00920. The number of benzene rings is 3. The van der Waals surface area contributed by atoms with Gasteiger partial charge in [0, 0.05) is 131 Å². The maximum atomic E-state index is 13.4. The highest BCUT2D eigenvalue weighted by Gasteiger charge is 2.27. The number of anilines is 2. The fraction of sp³-hybridized carbons (Fsp3) is 0.632. The molecule has 3 aromatic carbocycles. The molecule has 2 heterocycles. The number of ether oxygens (including phenoxy) is 11. The first-order chi connectivity index (χ1) is 71.0. The van der Waals surface area contributed by atoms with E-state index in [9.17, 15) is 73.2 Å². The molecule has 1 fully saturated rings. The van der Waals surface area contributed by atoms with Gasteiger partial charge in [-0.3, -0.25) is 43.4 Å². The van der Waals surface area contributed by atoms with Crippen molar-refractivity contribution in [3.8, 4) is 11.3 Å². The number of hydrogen-bond acceptors (Lipinski definition) is 35. The van der Waals surface area contributed by atoms with Gasteiger partial charge in [-0.1, -0.05) is 41.6 Å². The van der Waals surface area contributed by atoms with Gasteiger partial charge in [0.25, 0.3) is 0 Å². The Balaban J connectivity index is 0.00000780. The number of rotatable bonds is 77. The molecule has 147 heavy (non-hydrogen) atoms. The number of hydrogen-bond donors (Lipinski definition) is 15. The molecule has 52 heteroatoms. The Kier molecular flexibility index (Phi) is 78.4. The van der Waals surface area contributed by atoms with Crippen molar-refractivity contribution in [3.63, 3.8) is 0 Å². The first kappa shape index (κ1) is 132. The van der Waals surface area contributed by atoms with Crippen LogP contribution < -0.4 is 53.2 Å². The zero-order valence-electron chi connectivity index (χ0n) is 83.6. The third-order valence-corrected chi connectivity index (χ3v) is 22.3. The smallest absolute Gasteiger partial charge is 0.373 e. The van der Waals surface area contributed by atoms with E-state index in [1.807, 2.05) is 66.4 Å². The fourth-order valence-corrected chi connectivity index (χ4v) is 14.2. The summed E-state index contributed by atoms with van der Waals surface area (Å²) in [6.07, 6.45) is 8.96. The number of nitrogens with zero attached hydrogens (tertiary/aromatic N) is 7. The number of carboxylic acids is 5. The third kappa shape index (κ3) is 73.3. The topological polar surface area (TPSA) is 657 Å². The van der Waals surface area contributed by atoms with Gasteiger partial charge in [0.2, 0.25) is 23.6 Å². The average Bonchev–Trinajstić information content (AvgIpc) is 1.77. The van der Waals surface area contributed by atoms with Crippen LogP contribution in [0.1, 0.15) is 107 Å². The van der Waals surface area contributed by atoms with Crippen molar-refractivity contribution in [1.82, 2.24) is 77.1 Å². The normalized spacial score (nSPS) is 13.4. The van der Waals surface area contributed by atoms with Gasteiger partial charge in [-0.2, -0.15) is 28.8 Å². The molecule has 8 amide bonds. The van der Waals surface area contributed by atoms with Crippen LogP contribution >= 0.6 is 34.8 Å². The number of aromatic nitrogens is 3. The van der Waals surface area contributed by atoms with Crippen LogP contribution in [0.5, 0.6) is 0 Å². The quantitative estimate of drug-likeness (QED) is 0.0170. The van der Waals surface area contributed by atoms with E-state index in [0.29, 0.717) is 225 Å². The second kappa shape index (κ2) is 87.5. The highest BCUT2D eigenvalue weighted by atomic mass is 127. The number of amides is 8. The van der Waals surface area contributed by atoms with Crippen LogP contribution in [0.4, 0.5) is 21.0 Å². The highest BCUT2D eigenvalue weighted by Crippen LogP contribution is 2.22. The monoisotopic (exact) mass is 2210 g/mol. The maximum absolute atomic E-state index is 13.4. The Hall–Kier alpha value is -11.5. The van der Waals surface area contributed by atoms with Crippen LogP contribution in [0, 0.1) is 3.57 Å². The van der Waals surface area contributed by atoms with Crippen LogP contribution in [0.2, 0.25) is 0 Å². The standard InChI is InChI=1S/C92H146IN17O27S.3CO2/c1-106-35-37-107(2)76(66-109(69-86(118)119)40-39-108(38-36-106)68-85(116)117)64-71-22-26-74(27-23-71)100-92(138)98-32-8-5-16-78(88(121)122)102-83(113)29-43-128-47-51-132-54-56-134-58-60-136-62-63-137-61-59-135-57-55-133-52-48-129-44-34-95-87(120)77(15-3-6-30-94-81(111)18-9-12-70-20-24-73(93)25-21-70)101-82(112)28-42-127-46-50-131-53-49-130-45-41-110-67-80(104-105-110)72-13-10-14-75(65-72)99-90(125)96-31-7-4-17-79(89(123)124)103-91(126)97-33-11-19-84(114)115;3*2-1-3/h10,13-14,20-27,65,67,76-79H,3-9,11-12,15-19,28-64,66,68-69H2,1-2H3,(H,94,111)(H,95,120)(H,101,112)(H,102,113)(H,114,115)(H,116,117)(H,118,119)(H,121,122)(H,123,124)(H2,96,99,125)(H2,97,103,126)(H2,98,100,138);;;/t76?,77-,78-,79-;;;/m0.../s1. The largest absolute Gasteiger partial charge is 0.481 e. The van der Waals surface area contributed by atoms with Crippen molar-refractivity contribution in [2.45, 2.75) is 140 Å². The summed E-state index contributed by atoms with van der Waals surface area (Å²) in [4.78, 5) is 191. The molecular weight excluding hydrogens is 2070 g/mol. The molecule has 1 aliphatic rings. The first-order valence-electron chi connectivity index (χ1n) is 48.4. The summed E-state index contributed by atoms with van der Waals surface area (Å²) in [7, 11) is 4.06. The predicted octanol–water partition coefficient (Wildman–Crippen LogP) is 1.87. The van der Waals surface area contributed by atoms with Crippen molar-refractivity contribution >= 4 is 135 Å². The minimum atomic E-state index is -1.21. The lowest BCUT2D eigenvalue weighted by Gasteiger charge is -2.36. The summed E-state index contributed by atoms with van der Waals surface area (Å²) in [5.74, 6) is -6.40. The molecule has 5 rings (SSSR count). The first-order valence-corrected chi connectivity index (χ1v) is 49.9. The number of thiocarbonyl (C=S) groups is 1. The number of carbonyl (C=O) groups excluding carboxylic acids is 12. The number of carbonyl (C=O) groups is 11. The van der Waals surface area contributed by atoms with Crippen molar-refractivity contribution in [2.24, 2.45) is 0 Å². The SMILES string of the molecule is CN1CCN(CC(=O)O)CCN(CC(=O)O)CC(Cc2ccc(NC(=S)NCCCC[C@H](NC(=O)CCOCCOCCOCCOCCOCCOCCOCCOCCNC(=O)[C@H](CCCCNC(=O)CCCc3ccc(I)cc3)NC(=O)CCOCCOCCOCCn3cc(-c4cccc(NC(=O)NCCCC[C@H](NC(=O)NCCCC(=O)O)C(=O)O)c4)nn3)C(=O)O)cc2)N(C)CC1.O=C=O.O=C=O.O=C=O. The molecule has 50 nitrogen and oxygen atoms in total. The number of aryl methyl sites for hydroxylation is 1. The number of likely N-dealkylation sites (N-methyl/N-ethyl adjacent to an activating group) is 2. The molecule has 15 N–H and O–H groups in total. The lowest BCUT2D eigenvalue weighted by atomic mass is 10.0. The van der Waals surface area contributed by atoms with Gasteiger partial charge in [0.1, 0.15) is 23.8 Å². The summed E-state index contributed by atoms with van der Waals surface area (Å²) < 4.78 is 64.5. The molecule has 0 aliphatic carbocycles. The van der Waals surface area contributed by atoms with E-state index >= 15 is 0 Å². The molecule has 4 aromatic rings. The van der Waals surface area contributed by atoms with E-state index in [-0.39, 0.29) is 166 Å². The van der Waals surface area contributed by atoms with E-state index in [2.05, 4.69) is 108 Å². The van der Waals surface area contributed by atoms with E-state index in [1.165, 1.54) is 5.56 Å². The van der Waals surface area contributed by atoms with E-state index in [4.69, 9.17) is 98.2 Å². The van der Waals surface area contributed by atoms with Gasteiger partial charge in [0.05, 0.1) is 171 Å². The van der Waals surface area contributed by atoms with Crippen molar-refractivity contribution in [1.29, 1.82) is 0 Å². The molecule has 0 spiro atoms. The molecule has 1 unspecified atom stereocenters. The van der Waals surface area contributed by atoms with E-state index < -0.39 is 65.9 Å². The molecule has 1 saturated heterocycles. The molecule has 822 valence electrons. The fourth-order valence-electron chi connectivity index (χ4n) is 13.7. The number of unbranched alkanes of at least 4 members (excludes halogenated alkanes) is 3. The van der Waals surface area contributed by atoms with E-state index in [1.54, 1.807) is 29.1 Å². The summed E-state index contributed by atoms with van der Waals surface area (Å²) in [6, 6.07) is 18.9. The number of aliphatic carboxylic acids is 5. The van der Waals surface area contributed by atoms with Crippen LogP contribution in [0.25, 0.3) is 11.3 Å². The summed E-state index contributed by atoms with van der Waals surface area (Å²) in [5, 5.41) is 83.9. The van der Waals surface area contributed by atoms with Gasteiger partial charge in [-0.25, -0.2) is 23.9 Å². The zero-order chi connectivity index (χ0) is 108. The van der Waals surface area contributed by atoms with Gasteiger partial charge in [0.15, 0.2) is 5.11 Å². The van der Waals surface area contributed by atoms with Crippen LogP contribution in [0.15, 0.2) is 79.0 Å². The second-order valence-electron chi connectivity index (χ2n) is 32.8. The Bertz CT molecular complexity index is 4420. The van der Waals surface area contributed by atoms with Crippen LogP contribution in [-0.4, -0.2) is 424 Å². The average molecular weight is 2210 g/mol. The van der Waals surface area contributed by atoms with Gasteiger partial charge < -0.3 is 141 Å². The Morgan fingerprint density at radius 1 is 0.422 bits per heavy atom. The molecule has 0 saturated carbocycles. The Morgan fingerprint density at radius 2 is 0.864 bits per heavy atom. The number of nitrogens with one attached hydrogen (secondary N) is 10. The molecule has 4 atom stereocenters. The predicted molar refractivity (Wildman–Crippen MR) is 538 cm³/mol. The van der Waals surface area contributed by atoms with Crippen LogP contribution in [0.3, 0.4) is 0 Å². The van der Waals surface area contributed by atoms with Crippen molar-refractivity contribution in [2.75, 3.05) is 262 Å². The Labute approximate surface area is 873 Å². The van der Waals surface area contributed by atoms with Gasteiger partial charge in [-0.15, -0.1) is 5.10 Å². The lowest BCUT2D eigenvalue weighted by molar-refractivity contribution is -0.193. The summed E-state index contributed by atoms with van der Waals surface area (Å²) in [6.45, 7) is 12.2. The molecule has 0 radical (unpaired) electrons. The number of carboxylic acid groups (broad SMARTS) is 5. The van der Waals surface area contributed by atoms with Crippen LogP contribution in [-0.2, 0) is 143 Å². The van der Waals surface area contributed by atoms with E-state index in [0.717, 1.165) is 40.8 Å². The third-order valence-electron chi connectivity index (χ3n) is 21.3. The molecule has 1 aliphatic heterocycles. The highest BCUT2D eigenvalue weighted by molar-refractivity contribution is 14.1. The van der Waals surface area contributed by atoms with Gasteiger partial charge in [-0.05, 0) is 180 Å². The zero-order valence-corrected chi connectivity index (χ0v) is 86.6. The molecule has 0 bridgehead atoms. The maximum Gasteiger partial charge on any atom is 0.373 e. The van der Waals surface area contributed by atoms with Crippen molar-refractivity contribution < 1.29 is 159 Å². The summed E-state index contributed by atoms with van der Waals surface area (Å²) in [5.41, 5.74) is 4.78. The molecule has 1 aromatic heterocycles.